The van der Waals surface area contributed by atoms with Gasteiger partial charge in [-0.1, -0.05) is 12.1 Å². The molecule has 20 heavy (non-hydrogen) atoms. The topological polar surface area (TPSA) is 34.0 Å². The summed E-state index contributed by atoms with van der Waals surface area (Å²) in [5.74, 6) is -0.284. The number of rotatable bonds is 4. The number of nitrogens with zero attached hydrogens (tertiary/aromatic N) is 1. The van der Waals surface area contributed by atoms with E-state index in [4.69, 9.17) is 0 Å². The molecule has 0 aliphatic heterocycles. The lowest BCUT2D eigenvalue weighted by Gasteiger charge is -2.09. The Morgan fingerprint density at radius 1 is 1.20 bits per heavy atom. The van der Waals surface area contributed by atoms with Crippen molar-refractivity contribution in [3.63, 3.8) is 0 Å². The van der Waals surface area contributed by atoms with Gasteiger partial charge < -0.3 is 9.88 Å². The summed E-state index contributed by atoms with van der Waals surface area (Å²) in [6.45, 7) is 0.995. The summed E-state index contributed by atoms with van der Waals surface area (Å²) in [6.07, 6.45) is 1.78. The Morgan fingerprint density at radius 2 is 2.05 bits per heavy atom. The highest BCUT2D eigenvalue weighted by Gasteiger charge is 2.04. The van der Waals surface area contributed by atoms with Crippen LogP contribution in [-0.4, -0.2) is 11.1 Å². The molecular weight excluding hydrogens is 275 g/mol. The van der Waals surface area contributed by atoms with Crippen molar-refractivity contribution in [3.8, 4) is 0 Å². The van der Waals surface area contributed by atoms with Crippen LogP contribution in [0.15, 0.2) is 52.8 Å². The quantitative estimate of drug-likeness (QED) is 0.799. The Morgan fingerprint density at radius 3 is 2.90 bits per heavy atom. The Balaban J connectivity index is 1.73. The minimum absolute atomic E-state index is 0.000849. The zero-order chi connectivity index (χ0) is 13.9. The number of thiophene rings is 1. The number of hydrogen-bond acceptors (Lipinski definition) is 3. The maximum absolute atomic E-state index is 13.4. The van der Waals surface area contributed by atoms with Gasteiger partial charge >= 0.3 is 0 Å². The first-order valence-corrected chi connectivity index (χ1v) is 7.19. The highest BCUT2D eigenvalue weighted by atomic mass is 32.1. The molecule has 0 saturated heterocycles. The van der Waals surface area contributed by atoms with Gasteiger partial charge in [-0.25, -0.2) is 4.39 Å². The number of benzene rings is 1. The SMILES string of the molecule is O=c1c2ccsc2ccn1CCNc1ccccc1F. The summed E-state index contributed by atoms with van der Waals surface area (Å²) < 4.78 is 16.1. The molecular formula is C15H13FN2OS. The van der Waals surface area contributed by atoms with Crippen molar-refractivity contribution in [1.82, 2.24) is 4.57 Å². The average Bonchev–Trinajstić information content (AvgIpc) is 2.93. The molecule has 2 aromatic heterocycles. The second-order valence-corrected chi connectivity index (χ2v) is 5.37. The standard InChI is InChI=1S/C15H13FN2OS/c16-12-3-1-2-4-13(12)17-7-9-18-8-5-14-11(15(18)19)6-10-20-14/h1-6,8,10,17H,7,9H2. The molecule has 0 aliphatic rings. The van der Waals surface area contributed by atoms with Gasteiger partial charge in [-0.15, -0.1) is 11.3 Å². The molecule has 3 nitrogen and oxygen atoms in total. The first kappa shape index (κ1) is 12.9. The van der Waals surface area contributed by atoms with Gasteiger partial charge in [-0.2, -0.15) is 0 Å². The summed E-state index contributed by atoms with van der Waals surface area (Å²) >= 11 is 1.55. The van der Waals surface area contributed by atoms with Crippen LogP contribution in [0.5, 0.6) is 0 Å². The number of halogens is 1. The van der Waals surface area contributed by atoms with Crippen molar-refractivity contribution in [3.05, 3.63) is 64.1 Å². The molecule has 0 unspecified atom stereocenters. The molecule has 1 N–H and O–H groups in total. The minimum atomic E-state index is -0.284. The van der Waals surface area contributed by atoms with Crippen molar-refractivity contribution in [2.45, 2.75) is 6.54 Å². The van der Waals surface area contributed by atoms with Crippen LogP contribution in [0, 0.1) is 5.82 Å². The van der Waals surface area contributed by atoms with Crippen molar-refractivity contribution in [2.24, 2.45) is 0 Å². The fourth-order valence-corrected chi connectivity index (χ4v) is 2.87. The molecule has 0 fully saturated rings. The van der Waals surface area contributed by atoms with E-state index >= 15 is 0 Å². The number of nitrogens with one attached hydrogen (secondary N) is 1. The first-order chi connectivity index (χ1) is 9.75. The van der Waals surface area contributed by atoms with E-state index in [0.29, 0.717) is 18.8 Å². The normalized spacial score (nSPS) is 10.8. The summed E-state index contributed by atoms with van der Waals surface area (Å²) in [4.78, 5) is 12.2. The average molecular weight is 288 g/mol. The molecule has 102 valence electrons. The van der Waals surface area contributed by atoms with Gasteiger partial charge in [0.1, 0.15) is 5.82 Å². The number of para-hydroxylation sites is 1. The summed E-state index contributed by atoms with van der Waals surface area (Å²) in [7, 11) is 0. The second-order valence-electron chi connectivity index (χ2n) is 4.42. The van der Waals surface area contributed by atoms with E-state index in [0.717, 1.165) is 10.1 Å². The van der Waals surface area contributed by atoms with E-state index < -0.39 is 0 Å². The van der Waals surface area contributed by atoms with E-state index in [2.05, 4.69) is 5.32 Å². The lowest BCUT2D eigenvalue weighted by Crippen LogP contribution is -2.23. The Hall–Kier alpha value is -2.14. The molecule has 3 rings (SSSR count). The molecule has 0 amide bonds. The molecule has 0 aliphatic carbocycles. The van der Waals surface area contributed by atoms with Crippen molar-refractivity contribution in [2.75, 3.05) is 11.9 Å². The Labute approximate surface area is 119 Å². The van der Waals surface area contributed by atoms with Crippen LogP contribution in [0.1, 0.15) is 0 Å². The van der Waals surface area contributed by atoms with Gasteiger partial charge in [0, 0.05) is 24.0 Å². The number of fused-ring (bicyclic) bond motifs is 1. The molecule has 0 bridgehead atoms. The predicted octanol–water partition coefficient (Wildman–Crippen LogP) is 3.31. The smallest absolute Gasteiger partial charge is 0.259 e. The molecule has 0 atom stereocenters. The van der Waals surface area contributed by atoms with Crippen molar-refractivity contribution < 1.29 is 4.39 Å². The van der Waals surface area contributed by atoms with Crippen LogP contribution in [0.25, 0.3) is 10.1 Å². The molecule has 5 heteroatoms. The van der Waals surface area contributed by atoms with E-state index in [-0.39, 0.29) is 11.4 Å². The Bertz CT molecular complexity index is 794. The summed E-state index contributed by atoms with van der Waals surface area (Å²) in [6, 6.07) is 10.3. The van der Waals surface area contributed by atoms with Crippen LogP contribution < -0.4 is 10.9 Å². The zero-order valence-electron chi connectivity index (χ0n) is 10.7. The van der Waals surface area contributed by atoms with E-state index in [1.165, 1.54) is 6.07 Å². The number of pyridine rings is 1. The largest absolute Gasteiger partial charge is 0.381 e. The van der Waals surface area contributed by atoms with Crippen LogP contribution in [0.4, 0.5) is 10.1 Å². The van der Waals surface area contributed by atoms with E-state index in [1.54, 1.807) is 40.3 Å². The van der Waals surface area contributed by atoms with Crippen molar-refractivity contribution >= 4 is 27.1 Å². The summed E-state index contributed by atoms with van der Waals surface area (Å²) in [5.41, 5.74) is 0.455. The number of anilines is 1. The van der Waals surface area contributed by atoms with Gasteiger partial charge in [-0.3, -0.25) is 4.79 Å². The van der Waals surface area contributed by atoms with Gasteiger partial charge in [0.15, 0.2) is 0 Å². The Kier molecular flexibility index (Phi) is 3.52. The first-order valence-electron chi connectivity index (χ1n) is 6.31. The maximum atomic E-state index is 13.4. The predicted molar refractivity (Wildman–Crippen MR) is 81.0 cm³/mol. The summed E-state index contributed by atoms with van der Waals surface area (Å²) in [5, 5.41) is 5.65. The van der Waals surface area contributed by atoms with Crippen LogP contribution in [0.3, 0.4) is 0 Å². The number of hydrogen-bond donors (Lipinski definition) is 1. The third kappa shape index (κ3) is 2.44. The molecule has 3 aromatic rings. The van der Waals surface area contributed by atoms with Gasteiger partial charge in [-0.05, 0) is 29.6 Å². The van der Waals surface area contributed by atoms with Crippen LogP contribution in [0.2, 0.25) is 0 Å². The molecule has 2 heterocycles. The van der Waals surface area contributed by atoms with E-state index in [9.17, 15) is 9.18 Å². The van der Waals surface area contributed by atoms with E-state index in [1.807, 2.05) is 17.5 Å². The highest BCUT2D eigenvalue weighted by molar-refractivity contribution is 7.17. The lowest BCUT2D eigenvalue weighted by molar-refractivity contribution is 0.627. The van der Waals surface area contributed by atoms with Gasteiger partial charge in [0.2, 0.25) is 0 Å². The van der Waals surface area contributed by atoms with Crippen LogP contribution in [-0.2, 0) is 6.54 Å². The molecule has 1 aromatic carbocycles. The maximum Gasteiger partial charge on any atom is 0.259 e. The fourth-order valence-electron chi connectivity index (χ4n) is 2.10. The third-order valence-electron chi connectivity index (χ3n) is 3.13. The van der Waals surface area contributed by atoms with Gasteiger partial charge in [0.25, 0.3) is 5.56 Å². The monoisotopic (exact) mass is 288 g/mol. The third-order valence-corrected chi connectivity index (χ3v) is 4.02. The lowest BCUT2D eigenvalue weighted by atomic mass is 10.3. The minimum Gasteiger partial charge on any atom is -0.381 e. The molecule has 0 spiro atoms. The second kappa shape index (κ2) is 5.46. The zero-order valence-corrected chi connectivity index (χ0v) is 11.5. The van der Waals surface area contributed by atoms with Gasteiger partial charge in [0.05, 0.1) is 11.1 Å². The molecule has 0 saturated carbocycles. The highest BCUT2D eigenvalue weighted by Crippen LogP contribution is 2.16. The molecule has 0 radical (unpaired) electrons. The van der Waals surface area contributed by atoms with Crippen LogP contribution >= 0.6 is 11.3 Å². The van der Waals surface area contributed by atoms with Crippen molar-refractivity contribution in [1.29, 1.82) is 0 Å². The number of aromatic nitrogens is 1. The fraction of sp³-hybridized carbons (Fsp3) is 0.133.